The van der Waals surface area contributed by atoms with Gasteiger partial charge in [-0.15, -0.1) is 0 Å². The molecule has 17 heavy (non-hydrogen) atoms. The van der Waals surface area contributed by atoms with Crippen molar-refractivity contribution in [2.45, 2.75) is 33.6 Å². The van der Waals surface area contributed by atoms with Gasteiger partial charge in [0.1, 0.15) is 6.29 Å². The zero-order valence-corrected chi connectivity index (χ0v) is 10.5. The Bertz CT molecular complexity index is 403. The first-order valence-corrected chi connectivity index (χ1v) is 5.93. The minimum atomic E-state index is -0.689. The molecule has 94 valence electrons. The number of nitrogens with two attached hydrogens (primary N) is 1. The minimum Gasteiger partial charge on any atom is -0.350 e. The molecule has 3 N–H and O–H groups in total. The van der Waals surface area contributed by atoms with E-state index in [9.17, 15) is 9.59 Å². The zero-order chi connectivity index (χ0) is 12.8. The van der Waals surface area contributed by atoms with Crippen molar-refractivity contribution in [3.05, 3.63) is 0 Å². The molecule has 2 rings (SSSR count). The fourth-order valence-electron chi connectivity index (χ4n) is 3.65. The average Bonchev–Trinajstić information content (AvgIpc) is 2.56. The molecule has 0 spiro atoms. The summed E-state index contributed by atoms with van der Waals surface area (Å²) in [4.78, 5) is 22.0. The Kier molecular flexibility index (Phi) is 2.52. The van der Waals surface area contributed by atoms with Crippen LogP contribution in [0.4, 0.5) is 4.79 Å². The van der Waals surface area contributed by atoms with Crippen molar-refractivity contribution in [3.8, 4) is 0 Å². The van der Waals surface area contributed by atoms with Gasteiger partial charge < -0.3 is 10.5 Å². The number of nitrogens with zero attached hydrogens (tertiary/aromatic N) is 1. The Balaban J connectivity index is 2.41. The summed E-state index contributed by atoms with van der Waals surface area (Å²) in [6.07, 6.45) is 3.01. The average molecular weight is 237 g/mol. The van der Waals surface area contributed by atoms with Crippen molar-refractivity contribution in [2.75, 3.05) is 0 Å². The van der Waals surface area contributed by atoms with E-state index in [-0.39, 0.29) is 16.7 Å². The Labute approximate surface area is 101 Å². The Hall–Kier alpha value is -1.39. The fraction of sp³-hybridized carbons (Fsp3) is 0.750. The second-order valence-electron chi connectivity index (χ2n) is 5.83. The van der Waals surface area contributed by atoms with Crippen molar-refractivity contribution in [1.82, 2.24) is 5.43 Å². The highest BCUT2D eigenvalue weighted by atomic mass is 16.2. The first-order chi connectivity index (χ1) is 7.84. The third kappa shape index (κ3) is 1.41. The zero-order valence-electron chi connectivity index (χ0n) is 10.5. The first-order valence-electron chi connectivity index (χ1n) is 5.93. The summed E-state index contributed by atoms with van der Waals surface area (Å²) >= 11 is 0. The third-order valence-corrected chi connectivity index (χ3v) is 5.05. The summed E-state index contributed by atoms with van der Waals surface area (Å²) in [7, 11) is 0. The number of carbonyl (C=O) groups excluding carboxylic acids is 2. The quantitative estimate of drug-likeness (QED) is 0.560. The molecule has 5 heteroatoms. The van der Waals surface area contributed by atoms with Gasteiger partial charge in [-0.25, -0.2) is 10.2 Å². The lowest BCUT2D eigenvalue weighted by Crippen LogP contribution is -2.37. The summed E-state index contributed by atoms with van der Waals surface area (Å²) in [5.74, 6) is 0.133. The molecule has 0 aromatic heterocycles. The van der Waals surface area contributed by atoms with Crippen molar-refractivity contribution in [3.63, 3.8) is 0 Å². The molecule has 0 aromatic rings. The van der Waals surface area contributed by atoms with Gasteiger partial charge in [-0.2, -0.15) is 5.10 Å². The number of amides is 2. The number of hydrogen-bond donors (Lipinski definition) is 2. The largest absolute Gasteiger partial charge is 0.350 e. The van der Waals surface area contributed by atoms with Gasteiger partial charge in [-0.3, -0.25) is 0 Å². The molecule has 0 aliphatic heterocycles. The highest BCUT2D eigenvalue weighted by molar-refractivity contribution is 6.05. The highest BCUT2D eigenvalue weighted by Gasteiger charge is 2.64. The van der Waals surface area contributed by atoms with Gasteiger partial charge in [0.15, 0.2) is 0 Å². The number of carbonyl (C=O) groups is 2. The van der Waals surface area contributed by atoms with E-state index in [2.05, 4.69) is 31.3 Å². The molecular formula is C12H19N3O2. The number of rotatable bonds is 2. The topological polar surface area (TPSA) is 84.5 Å². The van der Waals surface area contributed by atoms with Crippen molar-refractivity contribution in [1.29, 1.82) is 0 Å². The van der Waals surface area contributed by atoms with E-state index >= 15 is 0 Å². The van der Waals surface area contributed by atoms with E-state index in [1.807, 2.05) is 0 Å². The minimum absolute atomic E-state index is 0.0384. The van der Waals surface area contributed by atoms with Crippen LogP contribution in [-0.2, 0) is 4.79 Å². The lowest BCUT2D eigenvalue weighted by atomic mass is 9.70. The first kappa shape index (κ1) is 12.1. The molecule has 0 radical (unpaired) electrons. The number of aldehydes is 1. The molecule has 2 fully saturated rings. The Morgan fingerprint density at radius 2 is 2.18 bits per heavy atom. The summed E-state index contributed by atoms with van der Waals surface area (Å²) in [5.41, 5.74) is 7.99. The molecule has 0 heterocycles. The summed E-state index contributed by atoms with van der Waals surface area (Å²) < 4.78 is 0. The molecule has 3 atom stereocenters. The lowest BCUT2D eigenvalue weighted by Gasteiger charge is -2.34. The van der Waals surface area contributed by atoms with Crippen molar-refractivity contribution >= 4 is 18.0 Å². The number of nitrogens with one attached hydrogen (secondary N) is 1. The smallest absolute Gasteiger partial charge is 0.332 e. The molecule has 5 nitrogen and oxygen atoms in total. The van der Waals surface area contributed by atoms with E-state index in [1.54, 1.807) is 0 Å². The summed E-state index contributed by atoms with van der Waals surface area (Å²) in [5, 5.41) is 4.09. The highest BCUT2D eigenvalue weighted by Crippen LogP contribution is 2.65. The number of hydrazone groups is 1. The van der Waals surface area contributed by atoms with E-state index < -0.39 is 6.03 Å². The van der Waals surface area contributed by atoms with Gasteiger partial charge in [-0.05, 0) is 24.2 Å². The molecule has 2 amide bonds. The third-order valence-electron chi connectivity index (χ3n) is 5.05. The SMILES string of the molecule is CC1(C)[C@H]2CC[C@]1(C)C(=NNC(N)=O)[C@H]2C=O. The second-order valence-corrected chi connectivity index (χ2v) is 5.83. The van der Waals surface area contributed by atoms with Gasteiger partial charge in [0.25, 0.3) is 0 Å². The molecule has 2 aliphatic carbocycles. The van der Waals surface area contributed by atoms with Gasteiger partial charge in [0.2, 0.25) is 0 Å². The molecule has 0 saturated heterocycles. The Morgan fingerprint density at radius 3 is 2.71 bits per heavy atom. The van der Waals surface area contributed by atoms with Crippen LogP contribution >= 0.6 is 0 Å². The van der Waals surface area contributed by atoms with E-state index in [4.69, 9.17) is 5.73 Å². The number of urea groups is 1. The van der Waals surface area contributed by atoms with Crippen molar-refractivity contribution < 1.29 is 9.59 Å². The number of fused-ring (bicyclic) bond motifs is 2. The summed E-state index contributed by atoms with van der Waals surface area (Å²) in [6, 6.07) is -0.689. The predicted molar refractivity (Wildman–Crippen MR) is 64.3 cm³/mol. The maximum Gasteiger partial charge on any atom is 0.332 e. The Morgan fingerprint density at radius 1 is 1.53 bits per heavy atom. The van der Waals surface area contributed by atoms with Crippen LogP contribution < -0.4 is 11.2 Å². The number of hydrogen-bond acceptors (Lipinski definition) is 3. The molecule has 2 saturated carbocycles. The normalized spacial score (nSPS) is 40.5. The van der Waals surface area contributed by atoms with Crippen LogP contribution in [0.1, 0.15) is 33.6 Å². The molecule has 2 bridgehead atoms. The molecular weight excluding hydrogens is 218 g/mol. The number of primary amides is 1. The monoisotopic (exact) mass is 237 g/mol. The van der Waals surface area contributed by atoms with Gasteiger partial charge in [0, 0.05) is 5.41 Å². The second kappa shape index (κ2) is 3.55. The van der Waals surface area contributed by atoms with Crippen LogP contribution in [0.15, 0.2) is 5.10 Å². The van der Waals surface area contributed by atoms with Crippen LogP contribution in [0, 0.1) is 22.7 Å². The molecule has 2 aliphatic rings. The molecule has 0 aromatic carbocycles. The standard InChI is InChI=1S/C12H19N3O2/c1-11(2)8-4-5-12(11,3)9(7(8)6-16)14-15-10(13)17/h6-8H,4-5H2,1-3H3,(H3,13,15,17)/t7-,8-,12+/m0/s1. The predicted octanol–water partition coefficient (Wildman–Crippen LogP) is 1.28. The maximum atomic E-state index is 11.3. The van der Waals surface area contributed by atoms with Crippen LogP contribution in [0.25, 0.3) is 0 Å². The van der Waals surface area contributed by atoms with Gasteiger partial charge in [-0.1, -0.05) is 20.8 Å². The maximum absolute atomic E-state index is 11.3. The van der Waals surface area contributed by atoms with Gasteiger partial charge >= 0.3 is 6.03 Å². The van der Waals surface area contributed by atoms with E-state index in [0.29, 0.717) is 5.92 Å². The van der Waals surface area contributed by atoms with Crippen LogP contribution in [-0.4, -0.2) is 18.0 Å². The van der Waals surface area contributed by atoms with Crippen LogP contribution in [0.3, 0.4) is 0 Å². The van der Waals surface area contributed by atoms with Crippen LogP contribution in [0.5, 0.6) is 0 Å². The van der Waals surface area contributed by atoms with Crippen LogP contribution in [0.2, 0.25) is 0 Å². The molecule has 0 unspecified atom stereocenters. The van der Waals surface area contributed by atoms with E-state index in [1.165, 1.54) is 0 Å². The fourth-order valence-corrected chi connectivity index (χ4v) is 3.65. The van der Waals surface area contributed by atoms with E-state index in [0.717, 1.165) is 24.8 Å². The summed E-state index contributed by atoms with van der Waals surface area (Å²) in [6.45, 7) is 6.47. The lowest BCUT2D eigenvalue weighted by molar-refractivity contribution is -0.110. The van der Waals surface area contributed by atoms with Crippen molar-refractivity contribution in [2.24, 2.45) is 33.5 Å². The van der Waals surface area contributed by atoms with Gasteiger partial charge in [0.05, 0.1) is 11.6 Å².